The van der Waals surface area contributed by atoms with E-state index in [2.05, 4.69) is 12.3 Å². The van der Waals surface area contributed by atoms with Gasteiger partial charge in [0.2, 0.25) is 0 Å². The molecule has 15 heavy (non-hydrogen) atoms. The Morgan fingerprint density at radius 1 is 1.53 bits per heavy atom. The summed E-state index contributed by atoms with van der Waals surface area (Å²) in [5.41, 5.74) is 2.98. The molecule has 0 amide bonds. The van der Waals surface area contributed by atoms with Crippen LogP contribution in [-0.2, 0) is 4.74 Å². The molecule has 0 aromatic rings. The van der Waals surface area contributed by atoms with Gasteiger partial charge in [0.1, 0.15) is 0 Å². The largest absolute Gasteiger partial charge is 0.378 e. The minimum absolute atomic E-state index is 0.542. The fourth-order valence-corrected chi connectivity index (χ4v) is 2.77. The molecule has 0 spiro atoms. The van der Waals surface area contributed by atoms with Crippen LogP contribution in [0, 0.1) is 11.8 Å². The molecule has 1 aliphatic carbocycles. The second-order valence-electron chi connectivity index (χ2n) is 5.22. The molecule has 0 aromatic heterocycles. The molecular formula is C12H24N2O. The lowest BCUT2D eigenvalue weighted by atomic mass is 10.0. The quantitative estimate of drug-likeness (QED) is 0.521. The molecule has 1 saturated carbocycles. The molecule has 0 radical (unpaired) electrons. The highest BCUT2D eigenvalue weighted by Crippen LogP contribution is 2.41. The third-order valence-corrected chi connectivity index (χ3v) is 3.97. The third kappa shape index (κ3) is 3.16. The van der Waals surface area contributed by atoms with E-state index in [-0.39, 0.29) is 0 Å². The molecule has 4 atom stereocenters. The predicted octanol–water partition coefficient (Wildman–Crippen LogP) is 1.82. The summed E-state index contributed by atoms with van der Waals surface area (Å²) >= 11 is 0. The molecule has 3 N–H and O–H groups in total. The van der Waals surface area contributed by atoms with Gasteiger partial charge in [-0.05, 0) is 50.4 Å². The Morgan fingerprint density at radius 2 is 2.33 bits per heavy atom. The molecule has 3 heteroatoms. The zero-order valence-corrected chi connectivity index (χ0v) is 9.74. The number of hydrazine groups is 1. The van der Waals surface area contributed by atoms with Crippen LogP contribution >= 0.6 is 0 Å². The fraction of sp³-hybridized carbons (Fsp3) is 1.00. The second kappa shape index (κ2) is 5.28. The SMILES string of the molecule is CC1CC1C(CCCC1CCCO1)NN. The van der Waals surface area contributed by atoms with Gasteiger partial charge in [0, 0.05) is 12.6 Å². The number of ether oxygens (including phenoxy) is 1. The summed E-state index contributed by atoms with van der Waals surface area (Å²) in [5, 5.41) is 0. The van der Waals surface area contributed by atoms with Crippen molar-refractivity contribution >= 4 is 0 Å². The third-order valence-electron chi connectivity index (χ3n) is 3.97. The molecule has 2 rings (SSSR count). The van der Waals surface area contributed by atoms with Gasteiger partial charge in [-0.2, -0.15) is 0 Å². The van der Waals surface area contributed by atoms with Crippen molar-refractivity contribution in [1.82, 2.24) is 5.43 Å². The van der Waals surface area contributed by atoms with Gasteiger partial charge in [-0.25, -0.2) is 0 Å². The van der Waals surface area contributed by atoms with E-state index >= 15 is 0 Å². The monoisotopic (exact) mass is 212 g/mol. The highest BCUT2D eigenvalue weighted by Gasteiger charge is 2.38. The van der Waals surface area contributed by atoms with E-state index in [0.29, 0.717) is 12.1 Å². The average Bonchev–Trinajstić information content (AvgIpc) is 2.78. The molecule has 1 aliphatic heterocycles. The number of rotatable bonds is 6. The summed E-state index contributed by atoms with van der Waals surface area (Å²) in [6, 6.07) is 0.543. The number of hydrogen-bond donors (Lipinski definition) is 2. The maximum Gasteiger partial charge on any atom is 0.0576 e. The number of hydrogen-bond acceptors (Lipinski definition) is 3. The summed E-state index contributed by atoms with van der Waals surface area (Å²) in [6.07, 6.45) is 8.10. The van der Waals surface area contributed by atoms with Gasteiger partial charge in [-0.1, -0.05) is 6.92 Å². The zero-order chi connectivity index (χ0) is 10.7. The first-order valence-corrected chi connectivity index (χ1v) is 6.39. The van der Waals surface area contributed by atoms with Crippen molar-refractivity contribution in [3.05, 3.63) is 0 Å². The van der Waals surface area contributed by atoms with Crippen molar-refractivity contribution in [2.45, 2.75) is 57.6 Å². The topological polar surface area (TPSA) is 47.3 Å². The lowest BCUT2D eigenvalue weighted by Crippen LogP contribution is -2.37. The lowest BCUT2D eigenvalue weighted by Gasteiger charge is -2.16. The summed E-state index contributed by atoms with van der Waals surface area (Å²) in [7, 11) is 0. The molecular weight excluding hydrogens is 188 g/mol. The maximum atomic E-state index is 5.61. The van der Waals surface area contributed by atoms with Crippen LogP contribution in [0.3, 0.4) is 0 Å². The van der Waals surface area contributed by atoms with Crippen molar-refractivity contribution < 1.29 is 4.74 Å². The average molecular weight is 212 g/mol. The lowest BCUT2D eigenvalue weighted by molar-refractivity contribution is 0.101. The zero-order valence-electron chi connectivity index (χ0n) is 9.74. The predicted molar refractivity (Wildman–Crippen MR) is 61.2 cm³/mol. The first-order valence-electron chi connectivity index (χ1n) is 6.39. The number of nitrogens with one attached hydrogen (secondary N) is 1. The Labute approximate surface area is 92.7 Å². The fourth-order valence-electron chi connectivity index (χ4n) is 2.77. The van der Waals surface area contributed by atoms with Crippen molar-refractivity contribution in [2.24, 2.45) is 17.7 Å². The van der Waals surface area contributed by atoms with Gasteiger partial charge in [-0.3, -0.25) is 11.3 Å². The minimum Gasteiger partial charge on any atom is -0.378 e. The molecule has 2 aliphatic rings. The minimum atomic E-state index is 0.542. The van der Waals surface area contributed by atoms with E-state index in [1.54, 1.807) is 0 Å². The Kier molecular flexibility index (Phi) is 4.00. The molecule has 1 heterocycles. The number of nitrogens with two attached hydrogens (primary N) is 1. The van der Waals surface area contributed by atoms with E-state index in [0.717, 1.165) is 18.4 Å². The van der Waals surface area contributed by atoms with E-state index in [9.17, 15) is 0 Å². The molecule has 3 nitrogen and oxygen atoms in total. The Morgan fingerprint density at radius 3 is 2.87 bits per heavy atom. The van der Waals surface area contributed by atoms with Crippen molar-refractivity contribution in [2.75, 3.05) is 6.61 Å². The van der Waals surface area contributed by atoms with Gasteiger partial charge in [0.25, 0.3) is 0 Å². The Balaban J connectivity index is 1.59. The summed E-state index contributed by atoms with van der Waals surface area (Å²) in [5.74, 6) is 7.30. The summed E-state index contributed by atoms with van der Waals surface area (Å²) in [4.78, 5) is 0. The van der Waals surface area contributed by atoms with Crippen molar-refractivity contribution in [1.29, 1.82) is 0 Å². The Bertz CT molecular complexity index is 192. The van der Waals surface area contributed by atoms with E-state index < -0.39 is 0 Å². The van der Waals surface area contributed by atoms with Gasteiger partial charge < -0.3 is 4.74 Å². The van der Waals surface area contributed by atoms with Crippen molar-refractivity contribution in [3.8, 4) is 0 Å². The standard InChI is InChI=1S/C12H24N2O/c1-9-8-11(9)12(14-13)6-2-4-10-5-3-7-15-10/h9-12,14H,2-8,13H2,1H3. The van der Waals surface area contributed by atoms with E-state index in [1.165, 1.54) is 38.5 Å². The Hall–Kier alpha value is -0.120. The molecule has 0 bridgehead atoms. The maximum absolute atomic E-state index is 5.61. The highest BCUT2D eigenvalue weighted by molar-refractivity contribution is 4.91. The molecule has 4 unspecified atom stereocenters. The summed E-state index contributed by atoms with van der Waals surface area (Å²) < 4.78 is 5.61. The van der Waals surface area contributed by atoms with E-state index in [1.807, 2.05) is 0 Å². The van der Waals surface area contributed by atoms with Gasteiger partial charge in [0.05, 0.1) is 6.10 Å². The van der Waals surface area contributed by atoms with E-state index in [4.69, 9.17) is 10.6 Å². The van der Waals surface area contributed by atoms with Gasteiger partial charge in [-0.15, -0.1) is 0 Å². The van der Waals surface area contributed by atoms with Crippen LogP contribution in [0.4, 0.5) is 0 Å². The van der Waals surface area contributed by atoms with Crippen LogP contribution in [0.2, 0.25) is 0 Å². The van der Waals surface area contributed by atoms with Crippen LogP contribution in [0.25, 0.3) is 0 Å². The van der Waals surface area contributed by atoms with Gasteiger partial charge in [0.15, 0.2) is 0 Å². The van der Waals surface area contributed by atoms with Crippen LogP contribution in [0.1, 0.15) is 45.4 Å². The molecule has 88 valence electrons. The molecule has 0 aromatic carbocycles. The van der Waals surface area contributed by atoms with Crippen LogP contribution < -0.4 is 11.3 Å². The highest BCUT2D eigenvalue weighted by atomic mass is 16.5. The van der Waals surface area contributed by atoms with Crippen molar-refractivity contribution in [3.63, 3.8) is 0 Å². The first kappa shape index (κ1) is 11.4. The molecule has 1 saturated heterocycles. The summed E-state index contributed by atoms with van der Waals surface area (Å²) in [6.45, 7) is 3.29. The van der Waals surface area contributed by atoms with Gasteiger partial charge >= 0.3 is 0 Å². The smallest absolute Gasteiger partial charge is 0.0576 e. The van der Waals surface area contributed by atoms with Crippen LogP contribution in [0.15, 0.2) is 0 Å². The normalized spacial score (nSPS) is 36.8. The second-order valence-corrected chi connectivity index (χ2v) is 5.22. The van der Waals surface area contributed by atoms with Crippen LogP contribution in [-0.4, -0.2) is 18.8 Å². The first-order chi connectivity index (χ1) is 7.31. The van der Waals surface area contributed by atoms with Crippen LogP contribution in [0.5, 0.6) is 0 Å². The molecule has 2 fully saturated rings.